The summed E-state index contributed by atoms with van der Waals surface area (Å²) in [4.78, 5) is 44.9. The van der Waals surface area contributed by atoms with Gasteiger partial charge in [0, 0.05) is 33.4 Å². The van der Waals surface area contributed by atoms with Gasteiger partial charge in [0.2, 0.25) is 5.82 Å². The lowest BCUT2D eigenvalue weighted by molar-refractivity contribution is -0.384. The molecular weight excluding hydrogens is 569 g/mol. The zero-order valence-electron chi connectivity index (χ0n) is 18.3. The Hall–Kier alpha value is -3.59. The van der Waals surface area contributed by atoms with Gasteiger partial charge in [0.05, 0.1) is 28.9 Å². The number of hydrogen-bond acceptors (Lipinski definition) is 7. The van der Waals surface area contributed by atoms with Crippen molar-refractivity contribution in [1.82, 2.24) is 19.4 Å². The molecular formula is C21H16BrF3N6O4S. The lowest BCUT2D eigenvalue weighted by Gasteiger charge is -2.34. The summed E-state index contributed by atoms with van der Waals surface area (Å²) in [5.41, 5.74) is 3.97. The van der Waals surface area contributed by atoms with E-state index in [0.29, 0.717) is 5.69 Å². The highest BCUT2D eigenvalue weighted by atomic mass is 79.9. The topological polar surface area (TPSA) is 140 Å². The molecule has 0 fully saturated rings. The highest BCUT2D eigenvalue weighted by molar-refractivity contribution is 9.10. The van der Waals surface area contributed by atoms with E-state index >= 15 is 0 Å². The largest absolute Gasteiger partial charge is 0.417 e. The van der Waals surface area contributed by atoms with Crippen LogP contribution in [0.1, 0.15) is 34.1 Å². The van der Waals surface area contributed by atoms with Crippen molar-refractivity contribution in [3.05, 3.63) is 82.6 Å². The molecule has 1 atom stereocenters. The molecule has 3 aromatic rings. The summed E-state index contributed by atoms with van der Waals surface area (Å²) in [7, 11) is 0. The van der Waals surface area contributed by atoms with Crippen molar-refractivity contribution in [3.63, 3.8) is 0 Å². The summed E-state index contributed by atoms with van der Waals surface area (Å²) in [5.74, 6) is -0.970. The van der Waals surface area contributed by atoms with Crippen LogP contribution in [0.15, 0.2) is 39.7 Å². The van der Waals surface area contributed by atoms with Crippen LogP contribution in [0.5, 0.6) is 0 Å². The molecule has 188 valence electrons. The van der Waals surface area contributed by atoms with Crippen LogP contribution in [0.4, 0.5) is 24.7 Å². The number of nitrogens with one attached hydrogen (secondary N) is 1. The predicted octanol–water partition coefficient (Wildman–Crippen LogP) is 4.15. The highest BCUT2D eigenvalue weighted by Crippen LogP contribution is 2.36. The van der Waals surface area contributed by atoms with Crippen molar-refractivity contribution in [2.24, 2.45) is 0 Å². The summed E-state index contributed by atoms with van der Waals surface area (Å²) in [6.45, 7) is 1.55. The number of pyridine rings is 1. The molecule has 0 saturated heterocycles. The van der Waals surface area contributed by atoms with Crippen LogP contribution in [0.2, 0.25) is 0 Å². The molecule has 1 amide bonds. The Bertz CT molecular complexity index is 1540. The quantitative estimate of drug-likeness (QED) is 0.267. The second-order valence-electron chi connectivity index (χ2n) is 8.06. The van der Waals surface area contributed by atoms with Gasteiger partial charge in [0.25, 0.3) is 11.5 Å². The number of fused-ring (bicyclic) bond motifs is 1. The SMILES string of the molecule is C[C@@H]1Cc2c([nH]c(=S)n(-c3cnc(N)c([N+](=O)[O-])c3)c2=O)CN1C(=O)c1ccc(Br)c(C(F)(F)F)c1. The molecule has 0 unspecified atom stereocenters. The summed E-state index contributed by atoms with van der Waals surface area (Å²) in [5, 5.41) is 11.2. The minimum atomic E-state index is -4.66. The van der Waals surface area contributed by atoms with E-state index in [1.807, 2.05) is 0 Å². The molecule has 0 bridgehead atoms. The molecule has 0 aliphatic carbocycles. The van der Waals surface area contributed by atoms with Gasteiger partial charge in [-0.25, -0.2) is 4.98 Å². The third-order valence-electron chi connectivity index (χ3n) is 5.76. The third-order valence-corrected chi connectivity index (χ3v) is 6.74. The van der Waals surface area contributed by atoms with Gasteiger partial charge in [-0.15, -0.1) is 0 Å². The van der Waals surface area contributed by atoms with Crippen LogP contribution in [0, 0.1) is 14.9 Å². The van der Waals surface area contributed by atoms with E-state index in [2.05, 4.69) is 25.9 Å². The van der Waals surface area contributed by atoms with Gasteiger partial charge in [-0.3, -0.25) is 24.3 Å². The number of rotatable bonds is 3. The van der Waals surface area contributed by atoms with E-state index in [1.165, 1.54) is 17.2 Å². The smallest absolute Gasteiger partial charge is 0.378 e. The number of aromatic nitrogens is 3. The molecule has 4 rings (SSSR count). The Morgan fingerprint density at radius 2 is 2.06 bits per heavy atom. The molecule has 0 saturated carbocycles. The van der Waals surface area contributed by atoms with Gasteiger partial charge in [0.15, 0.2) is 4.77 Å². The molecule has 36 heavy (non-hydrogen) atoms. The molecule has 3 heterocycles. The van der Waals surface area contributed by atoms with Crippen LogP contribution in [0.3, 0.4) is 0 Å². The Morgan fingerprint density at radius 3 is 2.69 bits per heavy atom. The van der Waals surface area contributed by atoms with Gasteiger partial charge >= 0.3 is 11.9 Å². The van der Waals surface area contributed by atoms with Crippen LogP contribution in [0.25, 0.3) is 5.69 Å². The maximum atomic E-state index is 13.3. The van der Waals surface area contributed by atoms with Crippen LogP contribution < -0.4 is 11.3 Å². The van der Waals surface area contributed by atoms with Crippen molar-refractivity contribution in [2.45, 2.75) is 32.1 Å². The molecule has 1 aliphatic rings. The maximum absolute atomic E-state index is 13.3. The van der Waals surface area contributed by atoms with Gasteiger partial charge in [-0.1, -0.05) is 15.9 Å². The maximum Gasteiger partial charge on any atom is 0.417 e. The Kier molecular flexibility index (Phi) is 6.47. The molecule has 1 aliphatic heterocycles. The number of carbonyl (C=O) groups is 1. The number of halogens is 4. The number of hydrogen-bond donors (Lipinski definition) is 2. The monoisotopic (exact) mass is 584 g/mol. The number of nitrogen functional groups attached to an aromatic ring is 1. The number of benzene rings is 1. The van der Waals surface area contributed by atoms with E-state index in [-0.39, 0.29) is 44.8 Å². The Morgan fingerprint density at radius 1 is 1.36 bits per heavy atom. The highest BCUT2D eigenvalue weighted by Gasteiger charge is 2.35. The summed E-state index contributed by atoms with van der Waals surface area (Å²) in [6, 6.07) is 3.74. The first kappa shape index (κ1) is 25.5. The zero-order valence-corrected chi connectivity index (χ0v) is 20.7. The van der Waals surface area contributed by atoms with Crippen molar-refractivity contribution >= 4 is 45.6 Å². The van der Waals surface area contributed by atoms with Crippen molar-refractivity contribution in [3.8, 4) is 5.69 Å². The van der Waals surface area contributed by atoms with Crippen molar-refractivity contribution in [2.75, 3.05) is 5.73 Å². The number of alkyl halides is 3. The van der Waals surface area contributed by atoms with Crippen LogP contribution in [-0.2, 0) is 19.1 Å². The van der Waals surface area contributed by atoms with Gasteiger partial charge in [-0.05, 0) is 43.8 Å². The van der Waals surface area contributed by atoms with Gasteiger partial charge in [0.1, 0.15) is 0 Å². The fourth-order valence-electron chi connectivity index (χ4n) is 3.96. The first-order chi connectivity index (χ1) is 16.8. The third kappa shape index (κ3) is 4.51. The van der Waals surface area contributed by atoms with Gasteiger partial charge < -0.3 is 15.6 Å². The van der Waals surface area contributed by atoms with Crippen molar-refractivity contribution in [1.29, 1.82) is 0 Å². The minimum absolute atomic E-state index is 0.0330. The lowest BCUT2D eigenvalue weighted by Crippen LogP contribution is -2.45. The average Bonchev–Trinajstić information content (AvgIpc) is 2.79. The molecule has 10 nitrogen and oxygen atoms in total. The molecule has 0 radical (unpaired) electrons. The van der Waals surface area contributed by atoms with E-state index in [0.717, 1.165) is 22.8 Å². The van der Waals surface area contributed by atoms with Gasteiger partial charge in [-0.2, -0.15) is 13.2 Å². The molecule has 2 aromatic heterocycles. The lowest BCUT2D eigenvalue weighted by atomic mass is 9.98. The summed E-state index contributed by atoms with van der Waals surface area (Å²) >= 11 is 8.15. The predicted molar refractivity (Wildman–Crippen MR) is 128 cm³/mol. The molecule has 1 aromatic carbocycles. The van der Waals surface area contributed by atoms with Crippen molar-refractivity contribution < 1.29 is 22.9 Å². The fraction of sp³-hybridized carbons (Fsp3) is 0.238. The Labute approximate surface area is 213 Å². The Balaban J connectivity index is 1.73. The number of nitro groups is 1. The molecule has 0 spiro atoms. The fourth-order valence-corrected chi connectivity index (χ4v) is 4.75. The van der Waals surface area contributed by atoms with E-state index in [9.17, 15) is 32.9 Å². The number of anilines is 1. The number of H-pyrrole nitrogens is 1. The first-order valence-electron chi connectivity index (χ1n) is 10.2. The number of carbonyl (C=O) groups excluding carboxylic acids is 1. The average molecular weight is 585 g/mol. The summed E-state index contributed by atoms with van der Waals surface area (Å²) < 4.78 is 40.7. The molecule has 15 heteroatoms. The normalized spacial score (nSPS) is 15.5. The van der Waals surface area contributed by atoms with Crippen LogP contribution >= 0.6 is 28.1 Å². The van der Waals surface area contributed by atoms with Crippen LogP contribution in [-0.4, -0.2) is 36.3 Å². The number of amides is 1. The summed E-state index contributed by atoms with van der Waals surface area (Å²) in [6.07, 6.45) is -3.41. The van der Waals surface area contributed by atoms with E-state index in [4.69, 9.17) is 18.0 Å². The standard InChI is InChI=1S/C21H16BrF3N6O4S/c1-9-4-12-15(8-29(9)18(32)10-2-3-14(22)13(5-10)21(23,24)25)28-20(36)30(19(12)33)11-6-16(31(34)35)17(26)27-7-11/h2-3,5-7,9H,4,8H2,1H3,(H2,26,27)(H,28,36)/t9-/m1/s1. The number of nitrogens with two attached hydrogens (primary N) is 1. The second-order valence-corrected chi connectivity index (χ2v) is 9.30. The van der Waals surface area contributed by atoms with E-state index in [1.54, 1.807) is 6.92 Å². The zero-order chi connectivity index (χ0) is 26.5. The minimum Gasteiger partial charge on any atom is -0.378 e. The second kappa shape index (κ2) is 9.13. The number of nitrogens with zero attached hydrogens (tertiary/aromatic N) is 4. The first-order valence-corrected chi connectivity index (χ1v) is 11.4. The molecule has 3 N–H and O–H groups in total. The van der Waals surface area contributed by atoms with E-state index < -0.39 is 39.9 Å². The number of aromatic amines is 1.